The van der Waals surface area contributed by atoms with Gasteiger partial charge in [-0.3, -0.25) is 9.59 Å². The van der Waals surface area contributed by atoms with Crippen LogP contribution in [-0.2, 0) is 9.59 Å². The van der Waals surface area contributed by atoms with Crippen LogP contribution in [0.4, 0.5) is 0 Å². The van der Waals surface area contributed by atoms with Gasteiger partial charge in [-0.1, -0.05) is 0 Å². The molecule has 1 saturated heterocycles. The Balaban J connectivity index is 1.88. The van der Waals surface area contributed by atoms with Gasteiger partial charge in [0.2, 0.25) is 5.91 Å². The van der Waals surface area contributed by atoms with Crippen molar-refractivity contribution in [3.63, 3.8) is 0 Å². The van der Waals surface area contributed by atoms with Crippen molar-refractivity contribution in [2.24, 2.45) is 0 Å². The molecule has 0 aromatic heterocycles. The minimum absolute atomic E-state index is 0.0375. The number of rotatable bonds is 3. The van der Waals surface area contributed by atoms with Gasteiger partial charge in [-0.05, 0) is 31.2 Å². The summed E-state index contributed by atoms with van der Waals surface area (Å²) in [4.78, 5) is 27.0. The molecule has 1 aliphatic rings. The van der Waals surface area contributed by atoms with Gasteiger partial charge >= 0.3 is 0 Å². The normalized spacial score (nSPS) is 16.5. The van der Waals surface area contributed by atoms with Crippen molar-refractivity contribution in [1.82, 2.24) is 9.80 Å². The van der Waals surface area contributed by atoms with Crippen LogP contribution >= 0.6 is 0 Å². The van der Waals surface area contributed by atoms with Gasteiger partial charge in [-0.2, -0.15) is 0 Å². The molecule has 1 atom stereocenters. The van der Waals surface area contributed by atoms with Crippen LogP contribution in [-0.4, -0.2) is 59.0 Å². The van der Waals surface area contributed by atoms with E-state index < -0.39 is 6.10 Å². The summed E-state index contributed by atoms with van der Waals surface area (Å²) >= 11 is 0. The molecule has 2 rings (SSSR count). The fourth-order valence-corrected chi connectivity index (χ4v) is 2.28. The summed E-state index contributed by atoms with van der Waals surface area (Å²) in [6.45, 7) is 5.42. The van der Waals surface area contributed by atoms with E-state index in [0.29, 0.717) is 31.9 Å². The number of phenols is 1. The highest BCUT2D eigenvalue weighted by Crippen LogP contribution is 2.18. The Labute approximate surface area is 123 Å². The fraction of sp³-hybridized carbons (Fsp3) is 0.467. The lowest BCUT2D eigenvalue weighted by atomic mass is 10.2. The van der Waals surface area contributed by atoms with Crippen LogP contribution in [0.15, 0.2) is 24.3 Å². The molecule has 0 bridgehead atoms. The summed E-state index contributed by atoms with van der Waals surface area (Å²) in [7, 11) is 0. The molecule has 114 valence electrons. The molecule has 1 heterocycles. The van der Waals surface area contributed by atoms with Crippen molar-refractivity contribution < 1.29 is 19.4 Å². The molecular weight excluding hydrogens is 272 g/mol. The van der Waals surface area contributed by atoms with E-state index in [9.17, 15) is 14.7 Å². The van der Waals surface area contributed by atoms with Gasteiger partial charge in [0.25, 0.3) is 5.91 Å². The maximum atomic E-state index is 12.3. The average Bonchev–Trinajstić information content (AvgIpc) is 2.49. The van der Waals surface area contributed by atoms with Crippen LogP contribution in [0.3, 0.4) is 0 Å². The second kappa shape index (κ2) is 6.47. The minimum atomic E-state index is -0.599. The molecule has 1 aromatic carbocycles. The quantitative estimate of drug-likeness (QED) is 0.896. The average molecular weight is 292 g/mol. The van der Waals surface area contributed by atoms with Crippen LogP contribution in [0.5, 0.6) is 11.5 Å². The van der Waals surface area contributed by atoms with Gasteiger partial charge in [0.1, 0.15) is 11.5 Å². The summed E-state index contributed by atoms with van der Waals surface area (Å²) < 4.78 is 5.58. The molecule has 1 aliphatic heterocycles. The Hall–Kier alpha value is -2.24. The van der Waals surface area contributed by atoms with Gasteiger partial charge in [0, 0.05) is 33.1 Å². The monoisotopic (exact) mass is 292 g/mol. The highest BCUT2D eigenvalue weighted by Gasteiger charge is 2.26. The van der Waals surface area contributed by atoms with Gasteiger partial charge in [0.15, 0.2) is 6.10 Å². The second-order valence-electron chi connectivity index (χ2n) is 5.09. The Morgan fingerprint density at radius 3 is 2.14 bits per heavy atom. The topological polar surface area (TPSA) is 70.1 Å². The third-order valence-corrected chi connectivity index (χ3v) is 3.53. The smallest absolute Gasteiger partial charge is 0.263 e. The third-order valence-electron chi connectivity index (χ3n) is 3.53. The highest BCUT2D eigenvalue weighted by atomic mass is 16.5. The lowest BCUT2D eigenvalue weighted by Crippen LogP contribution is -2.52. The zero-order chi connectivity index (χ0) is 15.4. The minimum Gasteiger partial charge on any atom is -0.508 e. The first-order valence-corrected chi connectivity index (χ1v) is 6.97. The standard InChI is InChI=1S/C15H20N2O4/c1-11(21-14-5-3-13(19)4-6-14)15(20)17-9-7-16(8-10-17)12(2)18/h3-6,11,19H,7-10H2,1-2H3. The molecule has 6 heteroatoms. The lowest BCUT2D eigenvalue weighted by Gasteiger charge is -2.35. The predicted octanol–water partition coefficient (Wildman–Crippen LogP) is 0.850. The Morgan fingerprint density at radius 1 is 1.10 bits per heavy atom. The van der Waals surface area contributed by atoms with Gasteiger partial charge < -0.3 is 19.6 Å². The maximum Gasteiger partial charge on any atom is 0.263 e. The highest BCUT2D eigenvalue weighted by molar-refractivity contribution is 5.81. The maximum absolute atomic E-state index is 12.3. The zero-order valence-corrected chi connectivity index (χ0v) is 12.3. The number of amides is 2. The molecule has 1 aromatic rings. The van der Waals surface area contributed by atoms with Crippen LogP contribution in [0, 0.1) is 0 Å². The molecular formula is C15H20N2O4. The van der Waals surface area contributed by atoms with Crippen LogP contribution in [0.1, 0.15) is 13.8 Å². The van der Waals surface area contributed by atoms with E-state index >= 15 is 0 Å². The van der Waals surface area contributed by atoms with Crippen molar-refractivity contribution in [1.29, 1.82) is 0 Å². The molecule has 0 spiro atoms. The molecule has 1 unspecified atom stereocenters. The molecule has 1 fully saturated rings. The van der Waals surface area contributed by atoms with Crippen LogP contribution in [0.2, 0.25) is 0 Å². The molecule has 2 amide bonds. The van der Waals surface area contributed by atoms with E-state index in [0.717, 1.165) is 0 Å². The van der Waals surface area contributed by atoms with Crippen molar-refractivity contribution in [2.45, 2.75) is 20.0 Å². The first-order chi connectivity index (χ1) is 9.97. The summed E-state index contributed by atoms with van der Waals surface area (Å²) in [5.74, 6) is 0.638. The number of carbonyl (C=O) groups excluding carboxylic acids is 2. The predicted molar refractivity (Wildman–Crippen MR) is 77.0 cm³/mol. The number of hydrogen-bond acceptors (Lipinski definition) is 4. The van der Waals surface area contributed by atoms with Crippen LogP contribution in [0.25, 0.3) is 0 Å². The van der Waals surface area contributed by atoms with E-state index in [4.69, 9.17) is 4.74 Å². The second-order valence-corrected chi connectivity index (χ2v) is 5.09. The van der Waals surface area contributed by atoms with Crippen LogP contribution < -0.4 is 4.74 Å². The van der Waals surface area contributed by atoms with Crippen molar-refractivity contribution in [3.05, 3.63) is 24.3 Å². The third kappa shape index (κ3) is 3.87. The Kier molecular flexibility index (Phi) is 4.67. The Bertz CT molecular complexity index is 507. The molecule has 1 N–H and O–H groups in total. The molecule has 21 heavy (non-hydrogen) atoms. The number of ether oxygens (including phenoxy) is 1. The SMILES string of the molecule is CC(=O)N1CCN(C(=O)C(C)Oc2ccc(O)cc2)CC1. The lowest BCUT2D eigenvalue weighted by molar-refractivity contribution is -0.143. The van der Waals surface area contributed by atoms with E-state index in [1.807, 2.05) is 0 Å². The summed E-state index contributed by atoms with van der Waals surface area (Å²) in [5.41, 5.74) is 0. The number of phenolic OH excluding ortho intramolecular Hbond substituents is 1. The van der Waals surface area contributed by atoms with Gasteiger partial charge in [-0.25, -0.2) is 0 Å². The molecule has 0 radical (unpaired) electrons. The number of aromatic hydroxyl groups is 1. The zero-order valence-electron chi connectivity index (χ0n) is 12.3. The molecule has 0 saturated carbocycles. The summed E-state index contributed by atoms with van der Waals surface area (Å²) in [6.07, 6.45) is -0.599. The first kappa shape index (κ1) is 15.2. The summed E-state index contributed by atoms with van der Waals surface area (Å²) in [5, 5.41) is 9.21. The number of nitrogens with zero attached hydrogens (tertiary/aromatic N) is 2. The molecule has 6 nitrogen and oxygen atoms in total. The van der Waals surface area contributed by atoms with E-state index in [2.05, 4.69) is 0 Å². The largest absolute Gasteiger partial charge is 0.508 e. The number of benzene rings is 1. The van der Waals surface area contributed by atoms with Crippen molar-refractivity contribution in [3.8, 4) is 11.5 Å². The molecule has 0 aliphatic carbocycles. The number of carbonyl (C=O) groups is 2. The Morgan fingerprint density at radius 2 is 1.62 bits per heavy atom. The first-order valence-electron chi connectivity index (χ1n) is 6.97. The van der Waals surface area contributed by atoms with E-state index in [1.54, 1.807) is 28.9 Å². The van der Waals surface area contributed by atoms with Gasteiger partial charge in [-0.15, -0.1) is 0 Å². The van der Waals surface area contributed by atoms with E-state index in [1.165, 1.54) is 19.1 Å². The number of piperazine rings is 1. The fourth-order valence-electron chi connectivity index (χ4n) is 2.28. The summed E-state index contributed by atoms with van der Waals surface area (Å²) in [6, 6.07) is 6.26. The number of hydrogen-bond donors (Lipinski definition) is 1. The van der Waals surface area contributed by atoms with Crippen molar-refractivity contribution in [2.75, 3.05) is 26.2 Å². The van der Waals surface area contributed by atoms with E-state index in [-0.39, 0.29) is 17.6 Å². The van der Waals surface area contributed by atoms with Gasteiger partial charge in [0.05, 0.1) is 0 Å². The van der Waals surface area contributed by atoms with Crippen molar-refractivity contribution >= 4 is 11.8 Å².